The van der Waals surface area contributed by atoms with E-state index in [1.54, 1.807) is 24.3 Å². The van der Waals surface area contributed by atoms with Crippen LogP contribution >= 0.6 is 0 Å². The van der Waals surface area contributed by atoms with Crippen LogP contribution in [0.15, 0.2) is 24.3 Å². The lowest BCUT2D eigenvalue weighted by atomic mass is 10.1. The average molecular weight is 344 g/mol. The molecule has 0 radical (unpaired) electrons. The second-order valence-electron chi connectivity index (χ2n) is 6.50. The van der Waals surface area contributed by atoms with Gasteiger partial charge in [-0.3, -0.25) is 19.3 Å². The molecule has 3 amide bonds. The molecule has 25 heavy (non-hydrogen) atoms. The Kier molecular flexibility index (Phi) is 4.57. The number of esters is 1. The van der Waals surface area contributed by atoms with Gasteiger partial charge >= 0.3 is 5.97 Å². The smallest absolute Gasteiger partial charge is 0.329 e. The first kappa shape index (κ1) is 17.1. The molecule has 1 saturated carbocycles. The van der Waals surface area contributed by atoms with Crippen molar-refractivity contribution in [3.8, 4) is 0 Å². The van der Waals surface area contributed by atoms with Gasteiger partial charge in [0.2, 0.25) is 0 Å². The lowest BCUT2D eigenvalue weighted by Crippen LogP contribution is -2.45. The molecule has 1 aromatic rings. The highest BCUT2D eigenvalue weighted by atomic mass is 16.5. The van der Waals surface area contributed by atoms with Crippen molar-refractivity contribution in [3.63, 3.8) is 0 Å². The number of hydrogen-bond donors (Lipinski definition) is 1. The minimum atomic E-state index is -1.10. The molecule has 132 valence electrons. The Morgan fingerprint density at radius 3 is 2.24 bits per heavy atom. The van der Waals surface area contributed by atoms with E-state index in [1.165, 1.54) is 6.92 Å². The van der Waals surface area contributed by atoms with Crippen molar-refractivity contribution >= 4 is 23.7 Å². The summed E-state index contributed by atoms with van der Waals surface area (Å²) in [7, 11) is 0. The third-order valence-electron chi connectivity index (χ3n) is 4.62. The summed E-state index contributed by atoms with van der Waals surface area (Å²) in [4.78, 5) is 49.5. The maximum atomic E-state index is 12.3. The van der Waals surface area contributed by atoms with E-state index in [0.717, 1.165) is 17.7 Å². The molecule has 3 rings (SSSR count). The summed E-state index contributed by atoms with van der Waals surface area (Å²) in [5, 5.41) is 2.77. The zero-order valence-corrected chi connectivity index (χ0v) is 14.2. The van der Waals surface area contributed by atoms with E-state index in [1.807, 2.05) is 6.92 Å². The van der Waals surface area contributed by atoms with Gasteiger partial charge in [0, 0.05) is 6.04 Å². The number of carbonyl (C=O) groups is 4. The molecule has 7 nitrogen and oxygen atoms in total. The van der Waals surface area contributed by atoms with Crippen molar-refractivity contribution < 1.29 is 23.9 Å². The van der Waals surface area contributed by atoms with E-state index in [2.05, 4.69) is 5.32 Å². The van der Waals surface area contributed by atoms with Gasteiger partial charge in [-0.25, -0.2) is 4.79 Å². The molecule has 0 saturated heterocycles. The van der Waals surface area contributed by atoms with Crippen LogP contribution in [0.4, 0.5) is 0 Å². The quantitative estimate of drug-likeness (QED) is 0.617. The first-order valence-electron chi connectivity index (χ1n) is 8.33. The molecule has 0 bridgehead atoms. The minimum Gasteiger partial charge on any atom is -0.454 e. The molecule has 1 aliphatic carbocycles. The number of ether oxygens (including phenoxy) is 1. The number of fused-ring (bicyclic) bond motifs is 1. The summed E-state index contributed by atoms with van der Waals surface area (Å²) >= 11 is 0. The highest BCUT2D eigenvalue weighted by Crippen LogP contribution is 2.32. The molecule has 0 aromatic heterocycles. The Morgan fingerprint density at radius 2 is 1.72 bits per heavy atom. The molecule has 0 spiro atoms. The summed E-state index contributed by atoms with van der Waals surface area (Å²) in [5.74, 6) is -1.74. The highest BCUT2D eigenvalue weighted by Gasteiger charge is 2.41. The van der Waals surface area contributed by atoms with Crippen LogP contribution < -0.4 is 5.32 Å². The number of nitrogens with one attached hydrogen (secondary N) is 1. The van der Waals surface area contributed by atoms with Crippen molar-refractivity contribution in [1.29, 1.82) is 0 Å². The number of benzene rings is 1. The molecule has 1 aromatic carbocycles. The van der Waals surface area contributed by atoms with E-state index in [0.29, 0.717) is 5.92 Å². The lowest BCUT2D eigenvalue weighted by Gasteiger charge is -2.21. The van der Waals surface area contributed by atoms with E-state index in [9.17, 15) is 19.2 Å². The van der Waals surface area contributed by atoms with Crippen molar-refractivity contribution in [2.24, 2.45) is 5.92 Å². The fourth-order valence-electron chi connectivity index (χ4n) is 2.93. The van der Waals surface area contributed by atoms with Gasteiger partial charge in [0.1, 0.15) is 6.04 Å². The number of hydrogen-bond acceptors (Lipinski definition) is 5. The van der Waals surface area contributed by atoms with Crippen LogP contribution in [0.25, 0.3) is 0 Å². The van der Waals surface area contributed by atoms with Gasteiger partial charge in [0.25, 0.3) is 17.7 Å². The lowest BCUT2D eigenvalue weighted by molar-refractivity contribution is -0.152. The van der Waals surface area contributed by atoms with E-state index < -0.39 is 30.4 Å². The van der Waals surface area contributed by atoms with Gasteiger partial charge < -0.3 is 10.1 Å². The normalized spacial score (nSPS) is 18.6. The second kappa shape index (κ2) is 6.66. The van der Waals surface area contributed by atoms with Crippen molar-refractivity contribution in [1.82, 2.24) is 10.2 Å². The first-order chi connectivity index (χ1) is 11.9. The number of imide groups is 1. The van der Waals surface area contributed by atoms with Gasteiger partial charge in [0.15, 0.2) is 6.61 Å². The minimum absolute atomic E-state index is 0.0554. The van der Waals surface area contributed by atoms with Crippen molar-refractivity contribution in [2.45, 2.75) is 38.8 Å². The van der Waals surface area contributed by atoms with Crippen LogP contribution in [0.2, 0.25) is 0 Å². The highest BCUT2D eigenvalue weighted by molar-refractivity contribution is 6.22. The van der Waals surface area contributed by atoms with Crippen LogP contribution in [-0.4, -0.2) is 47.3 Å². The molecule has 1 aliphatic heterocycles. The fourth-order valence-corrected chi connectivity index (χ4v) is 2.93. The Bertz CT molecular complexity index is 706. The number of nitrogens with zero attached hydrogens (tertiary/aromatic N) is 1. The maximum absolute atomic E-state index is 12.3. The zero-order valence-electron chi connectivity index (χ0n) is 14.2. The molecular formula is C18H20N2O5. The Hall–Kier alpha value is -2.70. The van der Waals surface area contributed by atoms with Crippen LogP contribution in [0, 0.1) is 5.92 Å². The summed E-state index contributed by atoms with van der Waals surface area (Å²) in [6.07, 6.45) is 2.19. The fraction of sp³-hybridized carbons (Fsp3) is 0.444. The summed E-state index contributed by atoms with van der Waals surface area (Å²) in [6, 6.07) is 5.35. The van der Waals surface area contributed by atoms with E-state index >= 15 is 0 Å². The van der Waals surface area contributed by atoms with Gasteiger partial charge in [-0.2, -0.15) is 0 Å². The van der Waals surface area contributed by atoms with Gasteiger partial charge in [0.05, 0.1) is 11.1 Å². The zero-order chi connectivity index (χ0) is 18.1. The van der Waals surface area contributed by atoms with Crippen LogP contribution in [-0.2, 0) is 14.3 Å². The van der Waals surface area contributed by atoms with E-state index in [4.69, 9.17) is 4.74 Å². The molecule has 1 heterocycles. The topological polar surface area (TPSA) is 92.8 Å². The van der Waals surface area contributed by atoms with Gasteiger partial charge in [-0.15, -0.1) is 0 Å². The molecule has 7 heteroatoms. The summed E-state index contributed by atoms with van der Waals surface area (Å²) in [5.41, 5.74) is 0.534. The maximum Gasteiger partial charge on any atom is 0.329 e. The molecular weight excluding hydrogens is 324 g/mol. The van der Waals surface area contributed by atoms with Crippen LogP contribution in [0.1, 0.15) is 47.4 Å². The summed E-state index contributed by atoms with van der Waals surface area (Å²) in [6.45, 7) is 2.90. The summed E-state index contributed by atoms with van der Waals surface area (Å²) < 4.78 is 4.98. The largest absolute Gasteiger partial charge is 0.454 e. The number of amides is 3. The van der Waals surface area contributed by atoms with Crippen molar-refractivity contribution in [2.75, 3.05) is 6.61 Å². The van der Waals surface area contributed by atoms with Crippen LogP contribution in [0.3, 0.4) is 0 Å². The monoisotopic (exact) mass is 344 g/mol. The third kappa shape index (κ3) is 3.40. The van der Waals surface area contributed by atoms with Crippen molar-refractivity contribution in [3.05, 3.63) is 35.4 Å². The third-order valence-corrected chi connectivity index (χ3v) is 4.62. The Labute approximate surface area is 145 Å². The first-order valence-corrected chi connectivity index (χ1v) is 8.33. The molecule has 2 aliphatic rings. The standard InChI is InChI=1S/C18H20N2O5/c1-10(12-7-8-12)19-15(21)9-25-18(24)11(2)20-16(22)13-5-3-4-6-14(13)17(20)23/h3-6,10-12H,7-9H2,1-2H3,(H,19,21)/t10-,11-/m0/s1. The molecule has 0 unspecified atom stereocenters. The predicted molar refractivity (Wildman–Crippen MR) is 87.7 cm³/mol. The van der Waals surface area contributed by atoms with Gasteiger partial charge in [-0.05, 0) is 44.7 Å². The second-order valence-corrected chi connectivity index (χ2v) is 6.50. The number of rotatable bonds is 6. The number of carbonyl (C=O) groups excluding carboxylic acids is 4. The van der Waals surface area contributed by atoms with E-state index in [-0.39, 0.29) is 23.1 Å². The van der Waals surface area contributed by atoms with Gasteiger partial charge in [-0.1, -0.05) is 12.1 Å². The molecule has 2 atom stereocenters. The molecule has 1 fully saturated rings. The average Bonchev–Trinajstić information content (AvgIpc) is 3.41. The SMILES string of the molecule is C[C@H](NC(=O)COC(=O)[C@H](C)N1C(=O)c2ccccc2C1=O)C1CC1. The Morgan fingerprint density at radius 1 is 1.16 bits per heavy atom. The van der Waals surface area contributed by atoms with Crippen LogP contribution in [0.5, 0.6) is 0 Å². The predicted octanol–water partition coefficient (Wildman–Crippen LogP) is 1.13. The molecule has 1 N–H and O–H groups in total. The Balaban J connectivity index is 1.57.